The fourth-order valence-corrected chi connectivity index (χ4v) is 4.19. The third-order valence-corrected chi connectivity index (χ3v) is 6.00. The molecule has 170 valence electrons. The molecule has 0 aliphatic carbocycles. The first-order valence-electron chi connectivity index (χ1n) is 11.0. The molecule has 3 aromatic rings. The van der Waals surface area contributed by atoms with E-state index in [0.717, 1.165) is 37.4 Å². The molecule has 0 unspecified atom stereocenters. The maximum absolute atomic E-state index is 13.4. The molecule has 0 atom stereocenters. The number of ether oxygens (including phenoxy) is 1. The van der Waals surface area contributed by atoms with Crippen LogP contribution in [0.15, 0.2) is 53.3 Å². The van der Waals surface area contributed by atoms with Gasteiger partial charge in [0.1, 0.15) is 0 Å². The number of piperazine rings is 1. The number of anilines is 1. The zero-order valence-electron chi connectivity index (χ0n) is 19.1. The van der Waals surface area contributed by atoms with Gasteiger partial charge in [-0.15, -0.1) is 0 Å². The van der Waals surface area contributed by atoms with Crippen LogP contribution in [0.25, 0.3) is 16.9 Å². The SMILES string of the molecule is CCOC(=O)c1c(-c2ccc(N3CCN(C)CC3)cc2)n(C)n(-c2ccc(C#N)cc2)c1=O. The van der Waals surface area contributed by atoms with Crippen molar-refractivity contribution in [2.24, 2.45) is 7.05 Å². The van der Waals surface area contributed by atoms with Crippen LogP contribution in [0.3, 0.4) is 0 Å². The van der Waals surface area contributed by atoms with E-state index in [-0.39, 0.29) is 12.2 Å². The van der Waals surface area contributed by atoms with Crippen molar-refractivity contribution in [3.63, 3.8) is 0 Å². The Morgan fingerprint density at radius 3 is 2.15 bits per heavy atom. The number of aromatic nitrogens is 2. The van der Waals surface area contributed by atoms with Crippen molar-refractivity contribution in [3.05, 3.63) is 70.0 Å². The molecule has 0 bridgehead atoms. The summed E-state index contributed by atoms with van der Waals surface area (Å²) in [6, 6.07) is 16.7. The van der Waals surface area contributed by atoms with Crippen molar-refractivity contribution in [2.75, 3.05) is 44.7 Å². The summed E-state index contributed by atoms with van der Waals surface area (Å²) in [7, 11) is 3.86. The van der Waals surface area contributed by atoms with Gasteiger partial charge in [0.05, 0.1) is 29.6 Å². The van der Waals surface area contributed by atoms with Gasteiger partial charge in [-0.2, -0.15) is 5.26 Å². The molecule has 0 spiro atoms. The van der Waals surface area contributed by atoms with Gasteiger partial charge in [0.2, 0.25) is 0 Å². The summed E-state index contributed by atoms with van der Waals surface area (Å²) < 4.78 is 8.31. The molecule has 2 heterocycles. The number of benzene rings is 2. The van der Waals surface area contributed by atoms with Gasteiger partial charge in [-0.25, -0.2) is 9.48 Å². The maximum atomic E-state index is 13.4. The van der Waals surface area contributed by atoms with Gasteiger partial charge in [0.15, 0.2) is 5.56 Å². The average molecular weight is 446 g/mol. The molecule has 0 amide bonds. The van der Waals surface area contributed by atoms with Gasteiger partial charge in [-0.3, -0.25) is 9.48 Å². The molecule has 2 aromatic carbocycles. The topological polar surface area (TPSA) is 83.5 Å². The second-order valence-corrected chi connectivity index (χ2v) is 8.08. The molecule has 1 fully saturated rings. The monoisotopic (exact) mass is 445 g/mol. The highest BCUT2D eigenvalue weighted by atomic mass is 16.5. The second kappa shape index (κ2) is 9.35. The van der Waals surface area contributed by atoms with Crippen LogP contribution in [0.5, 0.6) is 0 Å². The largest absolute Gasteiger partial charge is 0.462 e. The Kier molecular flexibility index (Phi) is 6.33. The highest BCUT2D eigenvalue weighted by molar-refractivity contribution is 5.96. The lowest BCUT2D eigenvalue weighted by Crippen LogP contribution is -2.44. The van der Waals surface area contributed by atoms with Crippen LogP contribution < -0.4 is 10.5 Å². The van der Waals surface area contributed by atoms with E-state index in [4.69, 9.17) is 10.00 Å². The lowest BCUT2D eigenvalue weighted by molar-refractivity contribution is 0.0525. The highest BCUT2D eigenvalue weighted by Gasteiger charge is 2.27. The minimum absolute atomic E-state index is 0.00365. The Morgan fingerprint density at radius 1 is 0.970 bits per heavy atom. The minimum atomic E-state index is -0.649. The molecule has 0 saturated carbocycles. The minimum Gasteiger partial charge on any atom is -0.462 e. The summed E-state index contributed by atoms with van der Waals surface area (Å²) in [6.45, 7) is 5.82. The van der Waals surface area contributed by atoms with E-state index in [1.807, 2.05) is 24.3 Å². The van der Waals surface area contributed by atoms with E-state index >= 15 is 0 Å². The molecule has 33 heavy (non-hydrogen) atoms. The Balaban J connectivity index is 1.79. The van der Waals surface area contributed by atoms with Crippen LogP contribution in [0.1, 0.15) is 22.8 Å². The van der Waals surface area contributed by atoms with Crippen LogP contribution in [-0.4, -0.2) is 60.1 Å². The summed E-state index contributed by atoms with van der Waals surface area (Å²) in [5.74, 6) is -0.649. The van der Waals surface area contributed by atoms with E-state index in [1.54, 1.807) is 42.9 Å². The first kappa shape index (κ1) is 22.4. The van der Waals surface area contributed by atoms with Crippen molar-refractivity contribution in [1.82, 2.24) is 14.3 Å². The Labute approximate surface area is 192 Å². The fraction of sp³-hybridized carbons (Fsp3) is 0.320. The molecular formula is C25H27N5O3. The van der Waals surface area contributed by atoms with E-state index in [9.17, 15) is 9.59 Å². The van der Waals surface area contributed by atoms with Crippen molar-refractivity contribution >= 4 is 11.7 Å². The molecule has 1 aliphatic heterocycles. The molecule has 1 aliphatic rings. The molecule has 0 radical (unpaired) electrons. The van der Waals surface area contributed by atoms with Gasteiger partial charge in [0.25, 0.3) is 5.56 Å². The summed E-state index contributed by atoms with van der Waals surface area (Å²) in [5, 5.41) is 9.08. The number of hydrogen-bond acceptors (Lipinski definition) is 6. The summed E-state index contributed by atoms with van der Waals surface area (Å²) >= 11 is 0. The predicted molar refractivity (Wildman–Crippen MR) is 127 cm³/mol. The number of hydrogen-bond donors (Lipinski definition) is 0. The number of esters is 1. The number of rotatable bonds is 5. The number of carbonyl (C=O) groups is 1. The van der Waals surface area contributed by atoms with Gasteiger partial charge >= 0.3 is 5.97 Å². The van der Waals surface area contributed by atoms with E-state index in [1.165, 1.54) is 4.68 Å². The smallest absolute Gasteiger partial charge is 0.346 e. The van der Waals surface area contributed by atoms with Gasteiger partial charge in [-0.05, 0) is 50.4 Å². The third-order valence-electron chi connectivity index (χ3n) is 6.00. The Hall–Kier alpha value is -3.83. The predicted octanol–water partition coefficient (Wildman–Crippen LogP) is 2.64. The van der Waals surface area contributed by atoms with Crippen molar-refractivity contribution < 1.29 is 9.53 Å². The van der Waals surface area contributed by atoms with Gasteiger partial charge in [0, 0.05) is 44.5 Å². The van der Waals surface area contributed by atoms with E-state index in [0.29, 0.717) is 16.9 Å². The first-order chi connectivity index (χ1) is 15.9. The Morgan fingerprint density at radius 2 is 1.58 bits per heavy atom. The van der Waals surface area contributed by atoms with E-state index in [2.05, 4.69) is 22.9 Å². The quantitative estimate of drug-likeness (QED) is 0.562. The second-order valence-electron chi connectivity index (χ2n) is 8.08. The van der Waals surface area contributed by atoms with Gasteiger partial charge < -0.3 is 14.5 Å². The summed E-state index contributed by atoms with van der Waals surface area (Å²) in [5.41, 5.74) is 2.95. The highest BCUT2D eigenvalue weighted by Crippen LogP contribution is 2.27. The molecule has 0 N–H and O–H groups in total. The zero-order valence-corrected chi connectivity index (χ0v) is 19.1. The van der Waals surface area contributed by atoms with Crippen LogP contribution in [0.4, 0.5) is 5.69 Å². The van der Waals surface area contributed by atoms with Crippen LogP contribution >= 0.6 is 0 Å². The molecule has 8 heteroatoms. The number of carbonyl (C=O) groups excluding carboxylic acids is 1. The van der Waals surface area contributed by atoms with Crippen molar-refractivity contribution in [1.29, 1.82) is 5.26 Å². The van der Waals surface area contributed by atoms with Crippen LogP contribution in [0.2, 0.25) is 0 Å². The van der Waals surface area contributed by atoms with Crippen molar-refractivity contribution in [3.8, 4) is 23.0 Å². The number of likely N-dealkylation sites (N-methyl/N-ethyl adjacent to an activating group) is 1. The third kappa shape index (κ3) is 4.28. The van der Waals surface area contributed by atoms with Gasteiger partial charge in [-0.1, -0.05) is 12.1 Å². The zero-order chi connectivity index (χ0) is 23.5. The lowest BCUT2D eigenvalue weighted by atomic mass is 10.1. The Bertz CT molecular complexity index is 1240. The molecular weight excluding hydrogens is 418 g/mol. The summed E-state index contributed by atoms with van der Waals surface area (Å²) in [4.78, 5) is 30.8. The molecule has 8 nitrogen and oxygen atoms in total. The maximum Gasteiger partial charge on any atom is 0.346 e. The number of nitriles is 1. The normalized spacial score (nSPS) is 14.2. The lowest BCUT2D eigenvalue weighted by Gasteiger charge is -2.34. The summed E-state index contributed by atoms with van der Waals surface area (Å²) in [6.07, 6.45) is 0. The average Bonchev–Trinajstić information content (AvgIpc) is 3.10. The van der Waals surface area contributed by atoms with Crippen LogP contribution in [-0.2, 0) is 11.8 Å². The van der Waals surface area contributed by atoms with Crippen molar-refractivity contribution in [2.45, 2.75) is 6.92 Å². The van der Waals surface area contributed by atoms with Crippen LogP contribution in [0, 0.1) is 11.3 Å². The molecule has 1 aromatic heterocycles. The van der Waals surface area contributed by atoms with E-state index < -0.39 is 11.5 Å². The fourth-order valence-electron chi connectivity index (χ4n) is 4.19. The molecule has 4 rings (SSSR count). The number of nitrogens with zero attached hydrogens (tertiary/aromatic N) is 5. The first-order valence-corrected chi connectivity index (χ1v) is 11.0. The standard InChI is InChI=1S/C25H27N5O3/c1-4-33-25(32)22-23(19-7-11-20(12-8-19)29-15-13-27(2)14-16-29)28(3)30(24(22)31)21-9-5-18(17-26)6-10-21/h5-12H,4,13-16H2,1-3H3. The molecule has 1 saturated heterocycles.